The number of hydrogen-bond acceptors (Lipinski definition) is 5. The number of likely N-dealkylation sites (tertiary alicyclic amines) is 1. The fourth-order valence-corrected chi connectivity index (χ4v) is 3.02. The first kappa shape index (κ1) is 16.5. The standard InChI is InChI=1S/C16H22N4O4/c21-15(22)12-2-1-5-20(11-12)16(23)18-14-4-3-13(10-17-14)19-6-8-24-9-7-19/h3-4,10,12H,1-2,5-9,11H2,(H,21,22)(H,17,18,23). The van der Waals surface area contributed by atoms with Crippen molar-refractivity contribution in [3.05, 3.63) is 18.3 Å². The number of morpholine rings is 1. The van der Waals surface area contributed by atoms with Gasteiger partial charge < -0.3 is 19.6 Å². The van der Waals surface area contributed by atoms with Crippen LogP contribution in [0.1, 0.15) is 12.8 Å². The molecule has 3 rings (SSSR count). The van der Waals surface area contributed by atoms with Gasteiger partial charge in [0.1, 0.15) is 5.82 Å². The van der Waals surface area contributed by atoms with Crippen LogP contribution >= 0.6 is 0 Å². The Labute approximate surface area is 140 Å². The van der Waals surface area contributed by atoms with Gasteiger partial charge in [-0.3, -0.25) is 10.1 Å². The van der Waals surface area contributed by atoms with E-state index in [9.17, 15) is 9.59 Å². The van der Waals surface area contributed by atoms with Crippen molar-refractivity contribution in [1.29, 1.82) is 0 Å². The maximum absolute atomic E-state index is 12.3. The summed E-state index contributed by atoms with van der Waals surface area (Å²) in [5.74, 6) is -0.865. The summed E-state index contributed by atoms with van der Waals surface area (Å²) >= 11 is 0. The van der Waals surface area contributed by atoms with Crippen LogP contribution in [0.2, 0.25) is 0 Å². The van der Waals surface area contributed by atoms with Crippen molar-refractivity contribution in [2.75, 3.05) is 49.6 Å². The van der Waals surface area contributed by atoms with Crippen molar-refractivity contribution in [1.82, 2.24) is 9.88 Å². The fraction of sp³-hybridized carbons (Fsp3) is 0.562. The molecule has 2 amide bonds. The molecule has 0 bridgehead atoms. The molecule has 24 heavy (non-hydrogen) atoms. The Morgan fingerprint density at radius 1 is 1.25 bits per heavy atom. The molecule has 1 aromatic rings. The van der Waals surface area contributed by atoms with Crippen LogP contribution < -0.4 is 10.2 Å². The Balaban J connectivity index is 1.57. The normalized spacial score (nSPS) is 21.4. The number of rotatable bonds is 3. The number of carboxylic acids is 1. The van der Waals surface area contributed by atoms with Gasteiger partial charge in [0.2, 0.25) is 0 Å². The molecule has 2 N–H and O–H groups in total. The third-order valence-corrected chi connectivity index (χ3v) is 4.42. The summed E-state index contributed by atoms with van der Waals surface area (Å²) in [5.41, 5.74) is 1.00. The number of urea groups is 1. The second kappa shape index (κ2) is 7.48. The Kier molecular flexibility index (Phi) is 5.14. The van der Waals surface area contributed by atoms with Crippen LogP contribution in [0.3, 0.4) is 0 Å². The number of ether oxygens (including phenoxy) is 1. The van der Waals surface area contributed by atoms with E-state index >= 15 is 0 Å². The van der Waals surface area contributed by atoms with Gasteiger partial charge in [-0.15, -0.1) is 0 Å². The number of carbonyl (C=O) groups excluding carboxylic acids is 1. The second-order valence-corrected chi connectivity index (χ2v) is 6.05. The predicted octanol–water partition coefficient (Wildman–Crippen LogP) is 1.25. The molecule has 3 heterocycles. The van der Waals surface area contributed by atoms with E-state index in [0.717, 1.165) is 18.8 Å². The maximum Gasteiger partial charge on any atom is 0.323 e. The van der Waals surface area contributed by atoms with Crippen LogP contribution in [0, 0.1) is 5.92 Å². The lowest BCUT2D eigenvalue weighted by Gasteiger charge is -2.30. The second-order valence-electron chi connectivity index (χ2n) is 6.05. The van der Waals surface area contributed by atoms with Gasteiger partial charge in [-0.25, -0.2) is 9.78 Å². The van der Waals surface area contributed by atoms with E-state index in [0.29, 0.717) is 38.4 Å². The van der Waals surface area contributed by atoms with E-state index in [1.54, 1.807) is 17.2 Å². The van der Waals surface area contributed by atoms with Crippen LogP contribution in [0.4, 0.5) is 16.3 Å². The van der Waals surface area contributed by atoms with Gasteiger partial charge in [-0.05, 0) is 25.0 Å². The van der Waals surface area contributed by atoms with E-state index < -0.39 is 11.9 Å². The molecule has 2 aliphatic heterocycles. The number of anilines is 2. The molecule has 0 saturated carbocycles. The Morgan fingerprint density at radius 2 is 2.04 bits per heavy atom. The lowest BCUT2D eigenvalue weighted by atomic mass is 9.99. The van der Waals surface area contributed by atoms with E-state index in [-0.39, 0.29) is 12.6 Å². The average molecular weight is 334 g/mol. The average Bonchev–Trinajstić information content (AvgIpc) is 2.63. The summed E-state index contributed by atoms with van der Waals surface area (Å²) in [6, 6.07) is 3.39. The third kappa shape index (κ3) is 3.94. The first-order valence-corrected chi connectivity index (χ1v) is 8.21. The van der Waals surface area contributed by atoms with Crippen LogP contribution in [-0.2, 0) is 9.53 Å². The summed E-state index contributed by atoms with van der Waals surface area (Å²) in [5, 5.41) is 11.8. The van der Waals surface area contributed by atoms with Gasteiger partial charge in [0.15, 0.2) is 0 Å². The molecule has 0 aliphatic carbocycles. The zero-order valence-corrected chi connectivity index (χ0v) is 13.5. The molecule has 0 radical (unpaired) electrons. The molecule has 8 heteroatoms. The highest BCUT2D eigenvalue weighted by molar-refractivity contribution is 5.89. The SMILES string of the molecule is O=C(O)C1CCCN(C(=O)Nc2ccc(N3CCOCC3)cn2)C1. The molecule has 1 aromatic heterocycles. The first-order valence-electron chi connectivity index (χ1n) is 8.21. The summed E-state index contributed by atoms with van der Waals surface area (Å²) in [4.78, 5) is 31.4. The number of aliphatic carboxylic acids is 1. The number of pyridine rings is 1. The van der Waals surface area contributed by atoms with E-state index in [1.165, 1.54) is 0 Å². The van der Waals surface area contributed by atoms with E-state index in [4.69, 9.17) is 9.84 Å². The van der Waals surface area contributed by atoms with E-state index in [2.05, 4.69) is 15.2 Å². The summed E-state index contributed by atoms with van der Waals surface area (Å²) in [6.45, 7) is 3.89. The molecule has 1 atom stereocenters. The number of carbonyl (C=O) groups is 2. The minimum atomic E-state index is -0.847. The monoisotopic (exact) mass is 334 g/mol. The van der Waals surface area contributed by atoms with Gasteiger partial charge in [0, 0.05) is 26.2 Å². The van der Waals surface area contributed by atoms with Crippen molar-refractivity contribution >= 4 is 23.5 Å². The molecular weight excluding hydrogens is 312 g/mol. The van der Waals surface area contributed by atoms with Gasteiger partial charge >= 0.3 is 12.0 Å². The number of nitrogens with zero attached hydrogens (tertiary/aromatic N) is 3. The Hall–Kier alpha value is -2.35. The van der Waals surface area contributed by atoms with Crippen molar-refractivity contribution in [2.45, 2.75) is 12.8 Å². The topological polar surface area (TPSA) is 95.0 Å². The summed E-state index contributed by atoms with van der Waals surface area (Å²) in [6.07, 6.45) is 3.05. The van der Waals surface area contributed by atoms with E-state index in [1.807, 2.05) is 6.07 Å². The molecule has 2 saturated heterocycles. The van der Waals surface area contributed by atoms with Gasteiger partial charge in [-0.2, -0.15) is 0 Å². The number of piperidine rings is 1. The molecule has 1 unspecified atom stereocenters. The van der Waals surface area contributed by atoms with Gasteiger partial charge in [-0.1, -0.05) is 0 Å². The molecule has 8 nitrogen and oxygen atoms in total. The summed E-state index contributed by atoms with van der Waals surface area (Å²) in [7, 11) is 0. The Bertz CT molecular complexity index is 586. The number of nitrogens with one attached hydrogen (secondary N) is 1. The number of carboxylic acid groups (broad SMARTS) is 1. The number of amides is 2. The van der Waals surface area contributed by atoms with Crippen molar-refractivity contribution < 1.29 is 19.4 Å². The quantitative estimate of drug-likeness (QED) is 0.864. The summed E-state index contributed by atoms with van der Waals surface area (Å²) < 4.78 is 5.32. The van der Waals surface area contributed by atoms with Gasteiger partial charge in [0.25, 0.3) is 0 Å². The maximum atomic E-state index is 12.3. The van der Waals surface area contributed by atoms with Crippen molar-refractivity contribution in [2.24, 2.45) is 5.92 Å². The highest BCUT2D eigenvalue weighted by Crippen LogP contribution is 2.19. The minimum Gasteiger partial charge on any atom is -0.481 e. The molecule has 2 aliphatic rings. The Morgan fingerprint density at radius 3 is 2.71 bits per heavy atom. The minimum absolute atomic E-state index is 0.243. The van der Waals surface area contributed by atoms with Crippen molar-refractivity contribution in [3.63, 3.8) is 0 Å². The highest BCUT2D eigenvalue weighted by atomic mass is 16.5. The van der Waals surface area contributed by atoms with Crippen LogP contribution in [-0.4, -0.2) is 66.4 Å². The molecular formula is C16H22N4O4. The zero-order valence-electron chi connectivity index (χ0n) is 13.5. The predicted molar refractivity (Wildman–Crippen MR) is 88.2 cm³/mol. The molecule has 130 valence electrons. The largest absolute Gasteiger partial charge is 0.481 e. The molecule has 2 fully saturated rings. The smallest absolute Gasteiger partial charge is 0.323 e. The lowest BCUT2D eigenvalue weighted by Crippen LogP contribution is -2.44. The number of hydrogen-bond donors (Lipinski definition) is 2. The zero-order chi connectivity index (χ0) is 16.9. The first-order chi connectivity index (χ1) is 11.6. The molecule has 0 spiro atoms. The fourth-order valence-electron chi connectivity index (χ4n) is 3.02. The third-order valence-electron chi connectivity index (χ3n) is 4.42. The van der Waals surface area contributed by atoms with Crippen LogP contribution in [0.15, 0.2) is 18.3 Å². The number of aromatic nitrogens is 1. The van der Waals surface area contributed by atoms with Crippen LogP contribution in [0.25, 0.3) is 0 Å². The van der Waals surface area contributed by atoms with Crippen molar-refractivity contribution in [3.8, 4) is 0 Å². The lowest BCUT2D eigenvalue weighted by molar-refractivity contribution is -0.143. The molecule has 0 aromatic carbocycles. The van der Waals surface area contributed by atoms with Crippen LogP contribution in [0.5, 0.6) is 0 Å². The van der Waals surface area contributed by atoms with Gasteiger partial charge in [0.05, 0.1) is 31.0 Å². The highest BCUT2D eigenvalue weighted by Gasteiger charge is 2.28.